The quantitative estimate of drug-likeness (QED) is 0.110. The van der Waals surface area contributed by atoms with Crippen molar-refractivity contribution in [1.82, 2.24) is 5.06 Å². The van der Waals surface area contributed by atoms with Crippen molar-refractivity contribution in [3.63, 3.8) is 0 Å². The molecule has 1 fully saturated rings. The van der Waals surface area contributed by atoms with E-state index in [1.165, 1.54) is 0 Å². The highest BCUT2D eigenvalue weighted by Crippen LogP contribution is 2.34. The third kappa shape index (κ3) is 8.49. The highest BCUT2D eigenvalue weighted by atomic mass is 16.8. The van der Waals surface area contributed by atoms with Gasteiger partial charge in [0.25, 0.3) is 11.8 Å². The zero-order valence-corrected chi connectivity index (χ0v) is 28.0. The molecular formula is C42H39NO8. The fourth-order valence-corrected chi connectivity index (χ4v) is 6.20. The van der Waals surface area contributed by atoms with Crippen LogP contribution < -0.4 is 0 Å². The molecule has 2 aliphatic heterocycles. The Labute approximate surface area is 297 Å². The van der Waals surface area contributed by atoms with Gasteiger partial charge in [-0.05, 0) is 34.4 Å². The van der Waals surface area contributed by atoms with Crippen molar-refractivity contribution in [2.24, 2.45) is 0 Å². The van der Waals surface area contributed by atoms with Crippen LogP contribution in [0.1, 0.15) is 43.0 Å². The number of imide groups is 1. The number of hydroxylamine groups is 2. The smallest absolute Gasteiger partial charge is 0.285 e. The van der Waals surface area contributed by atoms with Gasteiger partial charge in [0.05, 0.1) is 44.2 Å². The SMILES string of the molecule is O=C1c2ccccc2C(=O)N1O[C@H]1O[C@H](COCc2ccccc2)[C@@H](OCc2ccccc2)[C@H](OCc2ccccc2)[C@H]1OCc1ccccc1. The van der Waals surface area contributed by atoms with Crippen molar-refractivity contribution < 1.29 is 38.1 Å². The molecular weight excluding hydrogens is 646 g/mol. The fourth-order valence-electron chi connectivity index (χ4n) is 6.20. The first-order valence-electron chi connectivity index (χ1n) is 17.0. The van der Waals surface area contributed by atoms with Crippen LogP contribution in [0, 0.1) is 0 Å². The number of fused-ring (bicyclic) bond motifs is 1. The van der Waals surface area contributed by atoms with Gasteiger partial charge >= 0.3 is 0 Å². The van der Waals surface area contributed by atoms with E-state index in [1.807, 2.05) is 121 Å². The molecule has 7 rings (SSSR count). The summed E-state index contributed by atoms with van der Waals surface area (Å²) in [7, 11) is 0. The molecule has 2 aliphatic rings. The van der Waals surface area contributed by atoms with Crippen LogP contribution in [0.25, 0.3) is 0 Å². The Hall–Kier alpha value is -5.00. The van der Waals surface area contributed by atoms with Crippen molar-refractivity contribution in [3.05, 3.63) is 179 Å². The normalized spacial score (nSPS) is 21.5. The average molecular weight is 686 g/mol. The van der Waals surface area contributed by atoms with Crippen molar-refractivity contribution in [2.45, 2.75) is 57.1 Å². The Morgan fingerprint density at radius 1 is 0.471 bits per heavy atom. The van der Waals surface area contributed by atoms with E-state index in [9.17, 15) is 9.59 Å². The van der Waals surface area contributed by atoms with E-state index < -0.39 is 42.5 Å². The molecule has 1 saturated heterocycles. The Bertz CT molecular complexity index is 1820. The maximum atomic E-state index is 13.5. The number of amides is 2. The molecule has 0 aliphatic carbocycles. The van der Waals surface area contributed by atoms with Crippen molar-refractivity contribution in [2.75, 3.05) is 6.61 Å². The summed E-state index contributed by atoms with van der Waals surface area (Å²) in [6.45, 7) is 1.12. The molecule has 5 atom stereocenters. The maximum Gasteiger partial charge on any atom is 0.285 e. The molecule has 260 valence electrons. The van der Waals surface area contributed by atoms with Crippen molar-refractivity contribution in [3.8, 4) is 0 Å². The second-order valence-electron chi connectivity index (χ2n) is 12.4. The van der Waals surface area contributed by atoms with Crippen molar-refractivity contribution in [1.29, 1.82) is 0 Å². The molecule has 0 N–H and O–H groups in total. The maximum absolute atomic E-state index is 13.5. The van der Waals surface area contributed by atoms with E-state index in [1.54, 1.807) is 24.3 Å². The minimum atomic E-state index is -1.25. The minimum Gasteiger partial charge on any atom is -0.374 e. The first-order chi connectivity index (χ1) is 25.1. The van der Waals surface area contributed by atoms with Gasteiger partial charge in [-0.15, -0.1) is 5.06 Å². The highest BCUT2D eigenvalue weighted by molar-refractivity contribution is 6.20. The third-order valence-corrected chi connectivity index (χ3v) is 8.81. The van der Waals surface area contributed by atoms with E-state index >= 15 is 0 Å². The summed E-state index contributed by atoms with van der Waals surface area (Å²) in [5.74, 6) is -1.16. The Balaban J connectivity index is 1.22. The lowest BCUT2D eigenvalue weighted by Crippen LogP contribution is -2.62. The lowest BCUT2D eigenvalue weighted by atomic mass is 9.98. The van der Waals surface area contributed by atoms with Gasteiger partial charge in [0.1, 0.15) is 24.4 Å². The molecule has 0 radical (unpaired) electrons. The van der Waals surface area contributed by atoms with E-state index in [2.05, 4.69) is 0 Å². The average Bonchev–Trinajstić information content (AvgIpc) is 3.42. The second-order valence-corrected chi connectivity index (χ2v) is 12.4. The van der Waals surface area contributed by atoms with Crippen LogP contribution in [0.3, 0.4) is 0 Å². The zero-order valence-electron chi connectivity index (χ0n) is 28.0. The summed E-state index contributed by atoms with van der Waals surface area (Å²) in [5, 5.41) is 0.759. The number of nitrogens with zero attached hydrogens (tertiary/aromatic N) is 1. The van der Waals surface area contributed by atoms with E-state index in [0.717, 1.165) is 27.3 Å². The summed E-state index contributed by atoms with van der Waals surface area (Å²) < 4.78 is 32.9. The predicted molar refractivity (Wildman–Crippen MR) is 188 cm³/mol. The molecule has 51 heavy (non-hydrogen) atoms. The lowest BCUT2D eigenvalue weighted by Gasteiger charge is -2.46. The number of benzene rings is 5. The molecule has 5 aromatic rings. The van der Waals surface area contributed by atoms with Crippen LogP contribution in [0.15, 0.2) is 146 Å². The number of rotatable bonds is 15. The monoisotopic (exact) mass is 685 g/mol. The molecule has 9 heteroatoms. The van der Waals surface area contributed by atoms with Crippen LogP contribution in [0.5, 0.6) is 0 Å². The molecule has 0 saturated carbocycles. The van der Waals surface area contributed by atoms with Gasteiger partial charge in [0, 0.05) is 0 Å². The Morgan fingerprint density at radius 3 is 1.33 bits per heavy atom. The summed E-state index contributed by atoms with van der Waals surface area (Å²) >= 11 is 0. The van der Waals surface area contributed by atoms with Crippen LogP contribution in [-0.4, -0.2) is 54.2 Å². The summed E-state index contributed by atoms with van der Waals surface area (Å²) in [6, 6.07) is 45.8. The van der Waals surface area contributed by atoms with Gasteiger partial charge in [-0.3, -0.25) is 9.59 Å². The number of carbonyl (C=O) groups excluding carboxylic acids is 2. The molecule has 0 aromatic heterocycles. The summed E-state index contributed by atoms with van der Waals surface area (Å²) in [6.07, 6.45) is -4.41. The van der Waals surface area contributed by atoms with Crippen LogP contribution >= 0.6 is 0 Å². The van der Waals surface area contributed by atoms with Gasteiger partial charge in [0.2, 0.25) is 6.29 Å². The third-order valence-electron chi connectivity index (χ3n) is 8.81. The second kappa shape index (κ2) is 16.8. The zero-order chi connectivity index (χ0) is 34.8. The predicted octanol–water partition coefficient (Wildman–Crippen LogP) is 6.91. The molecule has 0 bridgehead atoms. The Morgan fingerprint density at radius 2 is 0.863 bits per heavy atom. The van der Waals surface area contributed by atoms with Gasteiger partial charge < -0.3 is 23.7 Å². The molecule has 0 unspecified atom stereocenters. The number of hydrogen-bond donors (Lipinski definition) is 0. The standard InChI is InChI=1S/C42H39NO8/c44-40-34-23-13-14-24-35(34)41(45)43(40)51-42-39(49-28-33-21-11-4-12-22-33)38(48-27-32-19-9-3-10-20-32)37(47-26-31-17-7-2-8-18-31)36(50-42)29-46-25-30-15-5-1-6-16-30/h1-24,36-39,42H,25-29H2/t36-,37-,38+,39-,42-/m1/s1. The van der Waals surface area contributed by atoms with Crippen LogP contribution in [-0.2, 0) is 54.9 Å². The topological polar surface area (TPSA) is 92.8 Å². The summed E-state index contributed by atoms with van der Waals surface area (Å²) in [5.41, 5.74) is 4.33. The van der Waals surface area contributed by atoms with Gasteiger partial charge in [-0.1, -0.05) is 133 Å². The van der Waals surface area contributed by atoms with E-state index in [-0.39, 0.29) is 37.6 Å². The summed E-state index contributed by atoms with van der Waals surface area (Å²) in [4.78, 5) is 33.2. The largest absolute Gasteiger partial charge is 0.374 e. The van der Waals surface area contributed by atoms with E-state index in [4.69, 9.17) is 28.5 Å². The highest BCUT2D eigenvalue weighted by Gasteiger charge is 2.51. The first-order valence-corrected chi connectivity index (χ1v) is 17.0. The lowest BCUT2D eigenvalue weighted by molar-refractivity contribution is -0.358. The fraction of sp³-hybridized carbons (Fsp3) is 0.238. The molecule has 0 spiro atoms. The first kappa shape index (κ1) is 34.4. The van der Waals surface area contributed by atoms with Gasteiger partial charge in [0.15, 0.2) is 0 Å². The van der Waals surface area contributed by atoms with Gasteiger partial charge in [-0.2, -0.15) is 0 Å². The molecule has 9 nitrogen and oxygen atoms in total. The minimum absolute atomic E-state index is 0.104. The van der Waals surface area contributed by atoms with Crippen molar-refractivity contribution >= 4 is 11.8 Å². The molecule has 2 amide bonds. The molecule has 5 aromatic carbocycles. The van der Waals surface area contributed by atoms with Gasteiger partial charge in [-0.25, -0.2) is 4.84 Å². The number of carbonyl (C=O) groups is 2. The van der Waals surface area contributed by atoms with Crippen LogP contribution in [0.4, 0.5) is 0 Å². The number of ether oxygens (including phenoxy) is 5. The van der Waals surface area contributed by atoms with E-state index in [0.29, 0.717) is 6.61 Å². The Kier molecular flexibility index (Phi) is 11.4. The van der Waals surface area contributed by atoms with Crippen LogP contribution in [0.2, 0.25) is 0 Å². The molecule has 2 heterocycles. The number of hydrogen-bond acceptors (Lipinski definition) is 8.